The van der Waals surface area contributed by atoms with Crippen LogP contribution in [0.4, 0.5) is 9.18 Å². The minimum Gasteiger partial charge on any atom is -0.478 e. The molecule has 3 aromatic rings. The third-order valence-electron chi connectivity index (χ3n) is 4.98. The van der Waals surface area contributed by atoms with E-state index in [9.17, 15) is 23.9 Å². The zero-order chi connectivity index (χ0) is 23.0. The Labute approximate surface area is 191 Å². The molecule has 0 aliphatic carbocycles. The predicted molar refractivity (Wildman–Crippen MR) is 119 cm³/mol. The minimum atomic E-state index is -1.04. The minimum absolute atomic E-state index is 0.0618. The maximum Gasteiger partial charge on any atom is 0.335 e. The van der Waals surface area contributed by atoms with Gasteiger partial charge < -0.3 is 9.52 Å². The number of halogens is 2. The highest BCUT2D eigenvalue weighted by Crippen LogP contribution is 2.36. The number of nitrogens with zero attached hydrogens (tertiary/aromatic N) is 1. The number of thioether (sulfide) groups is 1. The number of hydrogen-bond acceptors (Lipinski definition) is 5. The quantitative estimate of drug-likeness (QED) is 0.460. The molecular formula is C23H15ClFNO5S. The molecule has 2 amide bonds. The summed E-state index contributed by atoms with van der Waals surface area (Å²) >= 11 is 6.73. The summed E-state index contributed by atoms with van der Waals surface area (Å²) in [6, 6.07) is 12.3. The molecule has 1 saturated heterocycles. The van der Waals surface area contributed by atoms with E-state index in [0.717, 1.165) is 16.7 Å². The summed E-state index contributed by atoms with van der Waals surface area (Å²) < 4.78 is 19.8. The van der Waals surface area contributed by atoms with Gasteiger partial charge in [-0.1, -0.05) is 29.8 Å². The molecule has 4 rings (SSSR count). The molecular weight excluding hydrogens is 457 g/mol. The monoisotopic (exact) mass is 471 g/mol. The van der Waals surface area contributed by atoms with Crippen molar-refractivity contribution in [2.24, 2.45) is 0 Å². The standard InChI is InChI=1S/C23H15ClFNO5S/c1-12-14(4-2-5-15(12)22(28)29)19-9-8-13(31-19)10-20-21(27)26(23(30)32-20)11-16-17(24)6-3-7-18(16)25/h2-10H,11H2,1H3,(H,28,29)/b20-10+. The lowest BCUT2D eigenvalue weighted by atomic mass is 10.0. The number of benzene rings is 2. The van der Waals surface area contributed by atoms with E-state index in [4.69, 9.17) is 16.0 Å². The Bertz CT molecular complexity index is 1280. The summed E-state index contributed by atoms with van der Waals surface area (Å²) in [6.07, 6.45) is 1.42. The van der Waals surface area contributed by atoms with Crippen LogP contribution in [0.1, 0.15) is 27.2 Å². The van der Waals surface area contributed by atoms with Crippen LogP contribution in [0.2, 0.25) is 5.02 Å². The third-order valence-corrected chi connectivity index (χ3v) is 6.24. The first-order chi connectivity index (χ1) is 15.3. The first-order valence-corrected chi connectivity index (χ1v) is 10.6. The fraction of sp³-hybridized carbons (Fsp3) is 0.0870. The number of aromatic carboxylic acids is 1. The van der Waals surface area contributed by atoms with E-state index < -0.39 is 22.9 Å². The van der Waals surface area contributed by atoms with Gasteiger partial charge in [0.25, 0.3) is 11.1 Å². The zero-order valence-electron chi connectivity index (χ0n) is 16.6. The van der Waals surface area contributed by atoms with Crippen molar-refractivity contribution >= 4 is 46.6 Å². The lowest BCUT2D eigenvalue weighted by Crippen LogP contribution is -2.28. The third kappa shape index (κ3) is 4.06. The molecule has 1 aliphatic rings. The van der Waals surface area contributed by atoms with Crippen molar-refractivity contribution in [3.05, 3.63) is 86.7 Å². The van der Waals surface area contributed by atoms with Crippen LogP contribution in [-0.2, 0) is 11.3 Å². The van der Waals surface area contributed by atoms with Crippen LogP contribution in [0.5, 0.6) is 0 Å². The van der Waals surface area contributed by atoms with Crippen molar-refractivity contribution in [1.82, 2.24) is 4.90 Å². The van der Waals surface area contributed by atoms with Crippen molar-refractivity contribution in [1.29, 1.82) is 0 Å². The SMILES string of the molecule is Cc1c(C(=O)O)cccc1-c1ccc(/C=C2/SC(=O)N(Cc3c(F)cccc3Cl)C2=O)o1. The maximum absolute atomic E-state index is 14.1. The highest BCUT2D eigenvalue weighted by Gasteiger charge is 2.36. The first-order valence-electron chi connectivity index (χ1n) is 9.37. The Kier molecular flexibility index (Phi) is 5.90. The predicted octanol–water partition coefficient (Wildman–Crippen LogP) is 5.98. The number of carboxylic acid groups (broad SMARTS) is 1. The van der Waals surface area contributed by atoms with E-state index >= 15 is 0 Å². The average Bonchev–Trinajstić information content (AvgIpc) is 3.30. The number of carbonyl (C=O) groups is 3. The van der Waals surface area contributed by atoms with Gasteiger partial charge in [-0.25, -0.2) is 9.18 Å². The van der Waals surface area contributed by atoms with Crippen molar-refractivity contribution in [2.45, 2.75) is 13.5 Å². The van der Waals surface area contributed by atoms with Crippen molar-refractivity contribution in [3.8, 4) is 11.3 Å². The normalized spacial score (nSPS) is 15.1. The molecule has 162 valence electrons. The molecule has 0 saturated carbocycles. The second-order valence-electron chi connectivity index (χ2n) is 6.95. The van der Waals surface area contributed by atoms with Gasteiger partial charge in [0.1, 0.15) is 17.3 Å². The van der Waals surface area contributed by atoms with Gasteiger partial charge in [0, 0.05) is 22.2 Å². The molecule has 1 fully saturated rings. The van der Waals surface area contributed by atoms with Gasteiger partial charge >= 0.3 is 5.97 Å². The average molecular weight is 472 g/mol. The number of rotatable bonds is 5. The van der Waals surface area contributed by atoms with Gasteiger partial charge in [0.05, 0.1) is 17.0 Å². The van der Waals surface area contributed by atoms with Crippen molar-refractivity contribution in [2.75, 3.05) is 0 Å². The Morgan fingerprint density at radius 1 is 1.19 bits per heavy atom. The number of carboxylic acids is 1. The van der Waals surface area contributed by atoms with E-state index in [0.29, 0.717) is 22.6 Å². The maximum atomic E-state index is 14.1. The number of imide groups is 1. The highest BCUT2D eigenvalue weighted by atomic mass is 35.5. The first kappa shape index (κ1) is 21.9. The molecule has 0 radical (unpaired) electrons. The van der Waals surface area contributed by atoms with Crippen molar-refractivity contribution < 1.29 is 28.3 Å². The van der Waals surface area contributed by atoms with E-state index in [-0.39, 0.29) is 27.6 Å². The molecule has 0 unspecified atom stereocenters. The van der Waals surface area contributed by atoms with Gasteiger partial charge in [-0.3, -0.25) is 14.5 Å². The van der Waals surface area contributed by atoms with Gasteiger partial charge in [-0.05, 0) is 54.6 Å². The summed E-state index contributed by atoms with van der Waals surface area (Å²) in [6.45, 7) is 1.40. The van der Waals surface area contributed by atoms with E-state index in [1.54, 1.807) is 31.2 Å². The molecule has 0 bridgehead atoms. The molecule has 2 aromatic carbocycles. The molecule has 0 atom stereocenters. The molecule has 9 heteroatoms. The lowest BCUT2D eigenvalue weighted by Gasteiger charge is -2.14. The Hall–Kier alpha value is -3.36. The van der Waals surface area contributed by atoms with E-state index in [2.05, 4.69) is 0 Å². The fourth-order valence-electron chi connectivity index (χ4n) is 3.32. The number of furan rings is 1. The largest absolute Gasteiger partial charge is 0.478 e. The summed E-state index contributed by atoms with van der Waals surface area (Å²) in [5.74, 6) is -1.49. The summed E-state index contributed by atoms with van der Waals surface area (Å²) in [5.41, 5.74) is 1.37. The molecule has 1 N–H and O–H groups in total. The lowest BCUT2D eigenvalue weighted by molar-refractivity contribution is -0.123. The van der Waals surface area contributed by atoms with Crippen LogP contribution in [0.25, 0.3) is 17.4 Å². The summed E-state index contributed by atoms with van der Waals surface area (Å²) in [5, 5.41) is 8.89. The molecule has 6 nitrogen and oxygen atoms in total. The van der Waals surface area contributed by atoms with Crippen LogP contribution < -0.4 is 0 Å². The molecule has 0 spiro atoms. The zero-order valence-corrected chi connectivity index (χ0v) is 18.2. The van der Waals surface area contributed by atoms with Gasteiger partial charge in [-0.15, -0.1) is 0 Å². The van der Waals surface area contributed by atoms with Gasteiger partial charge in [0.2, 0.25) is 0 Å². The molecule has 1 aliphatic heterocycles. The summed E-state index contributed by atoms with van der Waals surface area (Å²) in [7, 11) is 0. The van der Waals surface area contributed by atoms with Crippen LogP contribution >= 0.6 is 23.4 Å². The van der Waals surface area contributed by atoms with Crippen LogP contribution in [0.15, 0.2) is 57.9 Å². The fourth-order valence-corrected chi connectivity index (χ4v) is 4.36. The molecule has 32 heavy (non-hydrogen) atoms. The van der Waals surface area contributed by atoms with E-state index in [1.807, 2.05) is 0 Å². The Morgan fingerprint density at radius 2 is 1.94 bits per heavy atom. The number of hydrogen-bond donors (Lipinski definition) is 1. The highest BCUT2D eigenvalue weighted by molar-refractivity contribution is 8.18. The smallest absolute Gasteiger partial charge is 0.335 e. The second-order valence-corrected chi connectivity index (χ2v) is 8.35. The van der Waals surface area contributed by atoms with Crippen molar-refractivity contribution in [3.63, 3.8) is 0 Å². The topological polar surface area (TPSA) is 87.8 Å². The van der Waals surface area contributed by atoms with E-state index in [1.165, 1.54) is 30.3 Å². The summed E-state index contributed by atoms with van der Waals surface area (Å²) in [4.78, 5) is 37.5. The van der Waals surface area contributed by atoms with Gasteiger partial charge in [0.15, 0.2) is 0 Å². The molecule has 2 heterocycles. The second kappa shape index (κ2) is 8.64. The number of amides is 2. The number of carbonyl (C=O) groups excluding carboxylic acids is 2. The van der Waals surface area contributed by atoms with Crippen LogP contribution in [-0.4, -0.2) is 27.1 Å². The molecule has 1 aromatic heterocycles. The van der Waals surface area contributed by atoms with Crippen LogP contribution in [0.3, 0.4) is 0 Å². The Morgan fingerprint density at radius 3 is 2.66 bits per heavy atom. The van der Waals surface area contributed by atoms with Gasteiger partial charge in [-0.2, -0.15) is 0 Å². The Balaban J connectivity index is 1.59. The van der Waals surface area contributed by atoms with Crippen LogP contribution in [0, 0.1) is 12.7 Å².